The van der Waals surface area contributed by atoms with Crippen LogP contribution in [0.5, 0.6) is 0 Å². The number of nitro groups is 1. The molecule has 1 aliphatic heterocycles. The summed E-state index contributed by atoms with van der Waals surface area (Å²) in [6.45, 7) is 6.72. The number of benzene rings is 1. The van der Waals surface area contributed by atoms with Crippen LogP contribution in [0.25, 0.3) is 0 Å². The van der Waals surface area contributed by atoms with E-state index in [4.69, 9.17) is 0 Å². The van der Waals surface area contributed by atoms with E-state index in [2.05, 4.69) is 17.1 Å². The number of hydrogen-bond donors (Lipinski definition) is 1. The van der Waals surface area contributed by atoms with Crippen molar-refractivity contribution in [2.24, 2.45) is 0 Å². The molecule has 1 N–H and O–H groups in total. The van der Waals surface area contributed by atoms with Gasteiger partial charge >= 0.3 is 0 Å². The minimum absolute atomic E-state index is 0.206. The van der Waals surface area contributed by atoms with Gasteiger partial charge in [-0.1, -0.05) is 12.5 Å². The zero-order chi connectivity index (χ0) is 14.5. The highest BCUT2D eigenvalue weighted by molar-refractivity contribution is 5.56. The summed E-state index contributed by atoms with van der Waals surface area (Å²) in [6.07, 6.45) is 3.70. The lowest BCUT2D eigenvalue weighted by Crippen LogP contribution is -2.43. The van der Waals surface area contributed by atoms with Gasteiger partial charge in [0.25, 0.3) is 5.69 Å². The molecule has 5 heteroatoms. The third kappa shape index (κ3) is 3.48. The van der Waals surface area contributed by atoms with Crippen LogP contribution >= 0.6 is 0 Å². The number of rotatable bonds is 5. The van der Waals surface area contributed by atoms with Crippen molar-refractivity contribution in [3.05, 3.63) is 33.9 Å². The van der Waals surface area contributed by atoms with E-state index >= 15 is 0 Å². The molecule has 1 aromatic rings. The number of hydrogen-bond acceptors (Lipinski definition) is 4. The highest BCUT2D eigenvalue weighted by atomic mass is 16.6. The summed E-state index contributed by atoms with van der Waals surface area (Å²) in [5.74, 6) is 0. The Balaban J connectivity index is 2.14. The van der Waals surface area contributed by atoms with E-state index in [0.717, 1.165) is 25.3 Å². The van der Waals surface area contributed by atoms with E-state index in [0.29, 0.717) is 11.6 Å². The van der Waals surface area contributed by atoms with Gasteiger partial charge in [0.15, 0.2) is 0 Å². The number of nitrogens with one attached hydrogen (secondary N) is 1. The van der Waals surface area contributed by atoms with Gasteiger partial charge in [0.2, 0.25) is 0 Å². The fourth-order valence-electron chi connectivity index (χ4n) is 2.75. The van der Waals surface area contributed by atoms with Crippen LogP contribution in [-0.4, -0.2) is 30.6 Å². The molecule has 0 radical (unpaired) electrons. The number of nitrogens with zero attached hydrogens (tertiary/aromatic N) is 2. The second-order valence-electron chi connectivity index (χ2n) is 5.41. The Hall–Kier alpha value is -1.62. The predicted octanol–water partition coefficient (Wildman–Crippen LogP) is 2.87. The Morgan fingerprint density at radius 3 is 2.85 bits per heavy atom. The highest BCUT2D eigenvalue weighted by Crippen LogP contribution is 2.25. The van der Waals surface area contributed by atoms with Gasteiger partial charge in [-0.25, -0.2) is 0 Å². The number of piperidine rings is 1. The van der Waals surface area contributed by atoms with Crippen LogP contribution in [-0.2, 0) is 0 Å². The lowest BCUT2D eigenvalue weighted by Gasteiger charge is -2.31. The lowest BCUT2D eigenvalue weighted by molar-refractivity contribution is -0.385. The van der Waals surface area contributed by atoms with Crippen molar-refractivity contribution in [3.63, 3.8) is 0 Å². The summed E-state index contributed by atoms with van der Waals surface area (Å²) >= 11 is 0. The molecule has 5 nitrogen and oxygen atoms in total. The molecular weight excluding hydrogens is 254 g/mol. The van der Waals surface area contributed by atoms with Crippen molar-refractivity contribution >= 4 is 11.4 Å². The third-order valence-corrected chi connectivity index (χ3v) is 3.99. The largest absolute Gasteiger partial charge is 0.370 e. The molecule has 1 aromatic carbocycles. The molecule has 0 aromatic heterocycles. The Bertz CT molecular complexity index is 470. The van der Waals surface area contributed by atoms with Gasteiger partial charge in [0.1, 0.15) is 0 Å². The fraction of sp³-hybridized carbons (Fsp3) is 0.600. The maximum atomic E-state index is 11.0. The molecule has 0 amide bonds. The molecule has 0 aliphatic carbocycles. The second kappa shape index (κ2) is 6.70. The summed E-state index contributed by atoms with van der Waals surface area (Å²) in [5, 5.41) is 14.6. The van der Waals surface area contributed by atoms with Crippen molar-refractivity contribution in [1.82, 2.24) is 5.32 Å². The molecule has 110 valence electrons. The Morgan fingerprint density at radius 1 is 1.45 bits per heavy atom. The van der Waals surface area contributed by atoms with Gasteiger partial charge < -0.3 is 10.2 Å². The summed E-state index contributed by atoms with van der Waals surface area (Å²) in [7, 11) is 0. The van der Waals surface area contributed by atoms with Gasteiger partial charge in [-0.05, 0) is 39.3 Å². The quantitative estimate of drug-likeness (QED) is 0.664. The Morgan fingerprint density at radius 2 is 2.25 bits per heavy atom. The van der Waals surface area contributed by atoms with Crippen molar-refractivity contribution in [1.29, 1.82) is 0 Å². The van der Waals surface area contributed by atoms with Crippen molar-refractivity contribution in [2.45, 2.75) is 39.2 Å². The molecule has 1 fully saturated rings. The first-order valence-electron chi connectivity index (χ1n) is 7.35. The van der Waals surface area contributed by atoms with E-state index in [9.17, 15) is 10.1 Å². The van der Waals surface area contributed by atoms with E-state index < -0.39 is 0 Å². The molecule has 0 spiro atoms. The first kappa shape index (κ1) is 14.8. The van der Waals surface area contributed by atoms with Crippen molar-refractivity contribution in [3.8, 4) is 0 Å². The number of anilines is 1. The van der Waals surface area contributed by atoms with E-state index in [-0.39, 0.29) is 10.6 Å². The molecule has 1 aliphatic rings. The van der Waals surface area contributed by atoms with Gasteiger partial charge in [-0.2, -0.15) is 0 Å². The van der Waals surface area contributed by atoms with Gasteiger partial charge in [-0.3, -0.25) is 10.1 Å². The van der Waals surface area contributed by atoms with E-state index in [1.165, 1.54) is 19.3 Å². The zero-order valence-corrected chi connectivity index (χ0v) is 12.3. The Kier molecular flexibility index (Phi) is 4.95. The van der Waals surface area contributed by atoms with Crippen molar-refractivity contribution < 1.29 is 4.92 Å². The van der Waals surface area contributed by atoms with Crippen LogP contribution in [0.4, 0.5) is 11.4 Å². The van der Waals surface area contributed by atoms with Crippen LogP contribution in [0.1, 0.15) is 31.7 Å². The molecule has 1 atom stereocenters. The molecular formula is C15H23N3O2. The average Bonchev–Trinajstić information content (AvgIpc) is 2.46. The second-order valence-corrected chi connectivity index (χ2v) is 5.41. The van der Waals surface area contributed by atoms with Gasteiger partial charge in [0.05, 0.1) is 4.92 Å². The summed E-state index contributed by atoms with van der Waals surface area (Å²) in [5.41, 5.74) is 1.86. The maximum Gasteiger partial charge on any atom is 0.274 e. The molecule has 20 heavy (non-hydrogen) atoms. The average molecular weight is 277 g/mol. The summed E-state index contributed by atoms with van der Waals surface area (Å²) in [6, 6.07) is 6.00. The predicted molar refractivity (Wildman–Crippen MR) is 81.4 cm³/mol. The van der Waals surface area contributed by atoms with E-state index in [1.807, 2.05) is 12.1 Å². The van der Waals surface area contributed by atoms with Gasteiger partial charge in [0, 0.05) is 36.4 Å². The minimum Gasteiger partial charge on any atom is -0.370 e. The first-order valence-corrected chi connectivity index (χ1v) is 7.35. The molecule has 0 saturated carbocycles. The minimum atomic E-state index is -0.300. The third-order valence-electron chi connectivity index (χ3n) is 3.99. The first-order chi connectivity index (χ1) is 9.61. The molecule has 1 unspecified atom stereocenters. The van der Waals surface area contributed by atoms with Gasteiger partial charge in [-0.15, -0.1) is 0 Å². The molecule has 1 heterocycles. The highest BCUT2D eigenvalue weighted by Gasteiger charge is 2.18. The normalized spacial score (nSPS) is 18.8. The summed E-state index contributed by atoms with van der Waals surface area (Å²) in [4.78, 5) is 13.0. The molecule has 1 saturated heterocycles. The number of likely N-dealkylation sites (N-methyl/N-ethyl adjacent to an activating group) is 1. The van der Waals surface area contributed by atoms with Crippen LogP contribution in [0, 0.1) is 17.0 Å². The Labute approximate surface area is 120 Å². The van der Waals surface area contributed by atoms with Crippen LogP contribution in [0.3, 0.4) is 0 Å². The standard InChI is InChI=1S/C15H23N3O2/c1-3-17(11-13-6-4-5-9-16-13)14-8-7-12(2)15(10-14)18(19)20/h7-8,10,13,16H,3-6,9,11H2,1-2H3. The van der Waals surface area contributed by atoms with Crippen molar-refractivity contribution in [2.75, 3.05) is 24.5 Å². The van der Waals surface area contributed by atoms with Crippen LogP contribution in [0.15, 0.2) is 18.2 Å². The topological polar surface area (TPSA) is 58.4 Å². The fourth-order valence-corrected chi connectivity index (χ4v) is 2.75. The monoisotopic (exact) mass is 277 g/mol. The molecule has 0 bridgehead atoms. The number of nitro benzene ring substituents is 1. The zero-order valence-electron chi connectivity index (χ0n) is 12.3. The van der Waals surface area contributed by atoms with Crippen LogP contribution < -0.4 is 10.2 Å². The SMILES string of the molecule is CCN(CC1CCCCN1)c1ccc(C)c([N+](=O)[O-])c1. The smallest absolute Gasteiger partial charge is 0.274 e. The summed E-state index contributed by atoms with van der Waals surface area (Å²) < 4.78 is 0. The molecule has 2 rings (SSSR count). The lowest BCUT2D eigenvalue weighted by atomic mass is 10.0. The number of aryl methyl sites for hydroxylation is 1. The van der Waals surface area contributed by atoms with Crippen LogP contribution in [0.2, 0.25) is 0 Å². The van der Waals surface area contributed by atoms with E-state index in [1.54, 1.807) is 13.0 Å². The maximum absolute atomic E-state index is 11.0.